The quantitative estimate of drug-likeness (QED) is 0.223. The SMILES string of the molecule is O=C(O)c1cc2nc3n(c2cc1C(F)(F)F)CC[C@H]1[C@@H]3[C@H](c2cccc(Cl)c2F)[C@]2(C(=O)Nc3cc(Cl)ccc32)N1CC1CC1. The van der Waals surface area contributed by atoms with E-state index in [4.69, 9.17) is 28.2 Å². The van der Waals surface area contributed by atoms with Crippen molar-refractivity contribution in [2.24, 2.45) is 5.92 Å². The second-order valence-electron chi connectivity index (χ2n) is 12.3. The van der Waals surface area contributed by atoms with E-state index >= 15 is 4.39 Å². The number of hydrogen-bond acceptors (Lipinski definition) is 4. The highest BCUT2D eigenvalue weighted by Gasteiger charge is 2.69. The van der Waals surface area contributed by atoms with Crippen molar-refractivity contribution in [2.75, 3.05) is 11.9 Å². The van der Waals surface area contributed by atoms with Crippen LogP contribution in [-0.4, -0.2) is 44.0 Å². The molecule has 4 atom stereocenters. The fourth-order valence-electron chi connectivity index (χ4n) is 8.05. The minimum atomic E-state index is -4.91. The Kier molecular flexibility index (Phi) is 6.18. The lowest BCUT2D eigenvalue weighted by Gasteiger charge is -2.40. The number of halogens is 6. The van der Waals surface area contributed by atoms with Crippen LogP contribution in [0.25, 0.3) is 11.0 Å². The van der Waals surface area contributed by atoms with Crippen LogP contribution in [0.1, 0.15) is 64.0 Å². The van der Waals surface area contributed by atoms with E-state index in [2.05, 4.69) is 10.2 Å². The number of nitrogens with one attached hydrogen (secondary N) is 1. The zero-order chi connectivity index (χ0) is 31.6. The van der Waals surface area contributed by atoms with Crippen molar-refractivity contribution < 1.29 is 32.3 Å². The number of nitrogens with zero attached hydrogens (tertiary/aromatic N) is 3. The topological polar surface area (TPSA) is 87.5 Å². The van der Waals surface area contributed by atoms with Gasteiger partial charge in [0.1, 0.15) is 17.2 Å². The van der Waals surface area contributed by atoms with Gasteiger partial charge in [0.2, 0.25) is 5.91 Å². The molecule has 1 saturated heterocycles. The highest BCUT2D eigenvalue weighted by atomic mass is 35.5. The van der Waals surface area contributed by atoms with Crippen molar-refractivity contribution in [1.82, 2.24) is 14.5 Å². The molecule has 7 nitrogen and oxygen atoms in total. The molecule has 1 aliphatic carbocycles. The van der Waals surface area contributed by atoms with Gasteiger partial charge in [0.25, 0.3) is 0 Å². The number of carboxylic acid groups (broad SMARTS) is 1. The van der Waals surface area contributed by atoms with Crippen LogP contribution in [0.15, 0.2) is 48.5 Å². The smallest absolute Gasteiger partial charge is 0.417 e. The van der Waals surface area contributed by atoms with Gasteiger partial charge in [0, 0.05) is 47.2 Å². The second-order valence-corrected chi connectivity index (χ2v) is 13.2. The first-order valence-electron chi connectivity index (χ1n) is 14.6. The standard InChI is InChI=1S/C32H24Cl2F4N4O3/c33-15-6-7-18-21(10-15)40-30(45)31(18)26(16-2-1-3-20(34)27(16)35)25-23(42(31)13-14-4-5-14)8-9-41-24-12-19(32(36,37)38)17(29(43)44)11-22(24)39-28(25)41/h1-3,6-7,10-12,14,23,25-26H,4-5,8-9,13H2,(H,40,45)(H,43,44)/t23-,25+,26-,31+/m0/s1. The van der Waals surface area contributed by atoms with Gasteiger partial charge in [0.05, 0.1) is 27.2 Å². The third kappa shape index (κ3) is 4.03. The molecule has 1 spiro atoms. The van der Waals surface area contributed by atoms with Gasteiger partial charge in [-0.3, -0.25) is 9.69 Å². The number of likely N-dealkylation sites (tertiary alicyclic amines) is 1. The first-order valence-corrected chi connectivity index (χ1v) is 15.3. The van der Waals surface area contributed by atoms with Gasteiger partial charge >= 0.3 is 12.1 Å². The van der Waals surface area contributed by atoms with E-state index in [1.54, 1.807) is 34.9 Å². The predicted molar refractivity (Wildman–Crippen MR) is 158 cm³/mol. The monoisotopic (exact) mass is 658 g/mol. The normalized spacial score (nSPS) is 25.8. The van der Waals surface area contributed by atoms with Crippen molar-refractivity contribution in [1.29, 1.82) is 0 Å². The van der Waals surface area contributed by atoms with Crippen LogP contribution >= 0.6 is 23.2 Å². The number of carbonyl (C=O) groups excluding carboxylic acids is 1. The van der Waals surface area contributed by atoms with E-state index in [-0.39, 0.29) is 40.1 Å². The summed E-state index contributed by atoms with van der Waals surface area (Å²) in [5.41, 5.74) is -2.04. The first-order chi connectivity index (χ1) is 21.4. The van der Waals surface area contributed by atoms with Gasteiger partial charge in [0.15, 0.2) is 0 Å². The third-order valence-electron chi connectivity index (χ3n) is 9.93. The maximum absolute atomic E-state index is 16.2. The molecule has 3 aliphatic heterocycles. The molecule has 1 amide bonds. The van der Waals surface area contributed by atoms with Crippen LogP contribution in [0.2, 0.25) is 10.0 Å². The van der Waals surface area contributed by atoms with Crippen LogP contribution < -0.4 is 5.32 Å². The molecule has 232 valence electrons. The number of amides is 1. The number of carbonyl (C=O) groups is 2. The summed E-state index contributed by atoms with van der Waals surface area (Å²) in [5, 5.41) is 12.9. The second kappa shape index (κ2) is 9.67. The maximum Gasteiger partial charge on any atom is 0.417 e. The molecule has 2 N–H and O–H groups in total. The molecule has 8 rings (SSSR count). The number of carboxylic acids is 1. The molecule has 3 aromatic carbocycles. The zero-order valence-corrected chi connectivity index (χ0v) is 24.8. The molecule has 0 bridgehead atoms. The fourth-order valence-corrected chi connectivity index (χ4v) is 8.40. The van der Waals surface area contributed by atoms with E-state index in [1.165, 1.54) is 6.07 Å². The number of fused-ring (bicyclic) bond motifs is 7. The minimum absolute atomic E-state index is 0.0825. The van der Waals surface area contributed by atoms with Crippen molar-refractivity contribution >= 4 is 51.8 Å². The van der Waals surface area contributed by atoms with Crippen LogP contribution in [0.5, 0.6) is 0 Å². The molecular formula is C32H24Cl2F4N4O3. The van der Waals surface area contributed by atoms with Gasteiger partial charge in [-0.05, 0) is 61.1 Å². The van der Waals surface area contributed by atoms with E-state index in [0.29, 0.717) is 41.0 Å². The number of hydrogen-bond donors (Lipinski definition) is 2. The Morgan fingerprint density at radius 1 is 1.11 bits per heavy atom. The average Bonchev–Trinajstić information content (AvgIpc) is 3.57. The summed E-state index contributed by atoms with van der Waals surface area (Å²) < 4.78 is 60.0. The number of aromatic carboxylic acids is 1. The highest BCUT2D eigenvalue weighted by molar-refractivity contribution is 6.31. The lowest BCUT2D eigenvalue weighted by Crippen LogP contribution is -2.53. The largest absolute Gasteiger partial charge is 0.478 e. The van der Waals surface area contributed by atoms with Crippen molar-refractivity contribution in [3.8, 4) is 0 Å². The highest BCUT2D eigenvalue weighted by Crippen LogP contribution is 2.64. The summed E-state index contributed by atoms with van der Waals surface area (Å²) in [6, 6.07) is 11.2. The molecule has 1 aromatic heterocycles. The number of rotatable bonds is 4. The lowest BCUT2D eigenvalue weighted by atomic mass is 9.70. The first kappa shape index (κ1) is 28.8. The van der Waals surface area contributed by atoms with Crippen molar-refractivity contribution in [2.45, 2.75) is 55.4 Å². The summed E-state index contributed by atoms with van der Waals surface area (Å²) in [6.07, 6.45) is -2.52. The molecule has 1 saturated carbocycles. The Hall–Kier alpha value is -3.67. The number of anilines is 1. The Morgan fingerprint density at radius 2 is 1.89 bits per heavy atom. The zero-order valence-electron chi connectivity index (χ0n) is 23.3. The summed E-state index contributed by atoms with van der Waals surface area (Å²) in [4.78, 5) is 33.3. The van der Waals surface area contributed by atoms with E-state index < -0.39 is 46.5 Å². The van der Waals surface area contributed by atoms with Crippen LogP contribution in [0.4, 0.5) is 23.2 Å². The summed E-state index contributed by atoms with van der Waals surface area (Å²) in [7, 11) is 0. The Labute approximate surface area is 263 Å². The summed E-state index contributed by atoms with van der Waals surface area (Å²) in [5.74, 6) is -3.62. The minimum Gasteiger partial charge on any atom is -0.478 e. The van der Waals surface area contributed by atoms with Crippen LogP contribution in [0.3, 0.4) is 0 Å². The van der Waals surface area contributed by atoms with E-state index in [9.17, 15) is 27.9 Å². The van der Waals surface area contributed by atoms with E-state index in [0.717, 1.165) is 25.0 Å². The number of benzene rings is 3. The number of alkyl halides is 3. The van der Waals surface area contributed by atoms with Crippen molar-refractivity contribution in [3.63, 3.8) is 0 Å². The van der Waals surface area contributed by atoms with Gasteiger partial charge in [-0.25, -0.2) is 14.2 Å². The number of imidazole rings is 1. The lowest BCUT2D eigenvalue weighted by molar-refractivity contribution is -0.138. The number of aryl methyl sites for hydroxylation is 1. The molecule has 13 heteroatoms. The number of aromatic nitrogens is 2. The maximum atomic E-state index is 16.2. The molecule has 0 radical (unpaired) electrons. The molecule has 2 fully saturated rings. The van der Waals surface area contributed by atoms with Crippen LogP contribution in [0, 0.1) is 11.7 Å². The Morgan fingerprint density at radius 3 is 2.60 bits per heavy atom. The van der Waals surface area contributed by atoms with Gasteiger partial charge in [-0.2, -0.15) is 13.2 Å². The Balaban J connectivity index is 1.43. The third-order valence-corrected chi connectivity index (χ3v) is 10.5. The molecule has 45 heavy (non-hydrogen) atoms. The Bertz CT molecular complexity index is 1960. The molecule has 4 aromatic rings. The fraction of sp³-hybridized carbons (Fsp3) is 0.344. The van der Waals surface area contributed by atoms with Crippen molar-refractivity contribution in [3.05, 3.63) is 92.5 Å². The molecular weight excluding hydrogens is 635 g/mol. The van der Waals surface area contributed by atoms with Crippen LogP contribution in [-0.2, 0) is 23.1 Å². The average molecular weight is 659 g/mol. The van der Waals surface area contributed by atoms with E-state index in [1.807, 2.05) is 0 Å². The predicted octanol–water partition coefficient (Wildman–Crippen LogP) is 7.41. The molecule has 4 heterocycles. The summed E-state index contributed by atoms with van der Waals surface area (Å²) >= 11 is 12.7. The van der Waals surface area contributed by atoms with Gasteiger partial charge < -0.3 is 15.0 Å². The van der Waals surface area contributed by atoms with Gasteiger partial charge in [-0.15, -0.1) is 0 Å². The molecule has 4 aliphatic rings. The van der Waals surface area contributed by atoms with Gasteiger partial charge in [-0.1, -0.05) is 41.4 Å². The summed E-state index contributed by atoms with van der Waals surface area (Å²) in [6.45, 7) is 0.824. The molecule has 0 unspecified atom stereocenters.